The van der Waals surface area contributed by atoms with Crippen LogP contribution in [0.1, 0.15) is 70.6 Å². The molecule has 26 heavy (non-hydrogen) atoms. The van der Waals surface area contributed by atoms with Crippen molar-refractivity contribution in [3.05, 3.63) is 23.3 Å². The minimum Gasteiger partial charge on any atom is -0.102 e. The second kappa shape index (κ2) is 8.55. The van der Waals surface area contributed by atoms with Crippen molar-refractivity contribution in [1.82, 2.24) is 0 Å². The molecular formula is C22H40S2Si2. The molecule has 3 aliphatic rings. The van der Waals surface area contributed by atoms with Gasteiger partial charge in [0.1, 0.15) is 0 Å². The van der Waals surface area contributed by atoms with Crippen LogP contribution in [0.3, 0.4) is 0 Å². The fourth-order valence-corrected chi connectivity index (χ4v) is 21.6. The zero-order chi connectivity index (χ0) is 18.8. The molecule has 0 nitrogen and oxygen atoms in total. The van der Waals surface area contributed by atoms with Gasteiger partial charge in [-0.25, -0.2) is 0 Å². The average molecular weight is 425 g/mol. The molecule has 1 aliphatic heterocycles. The van der Waals surface area contributed by atoms with Crippen LogP contribution in [-0.4, -0.2) is 20.5 Å². The minimum absolute atomic E-state index is 0.347. The first-order valence-electron chi connectivity index (χ1n) is 11.0. The molecule has 148 valence electrons. The number of rotatable bonds is 5. The van der Waals surface area contributed by atoms with Crippen LogP contribution in [0.2, 0.25) is 37.3 Å². The summed E-state index contributed by atoms with van der Waals surface area (Å²) in [6.07, 6.45) is 21.2. The zero-order valence-corrected chi connectivity index (χ0v) is 21.2. The monoisotopic (exact) mass is 424 g/mol. The molecule has 3 rings (SSSR count). The van der Waals surface area contributed by atoms with E-state index in [1.54, 1.807) is 4.53 Å². The van der Waals surface area contributed by atoms with Gasteiger partial charge in [-0.2, -0.15) is 0 Å². The summed E-state index contributed by atoms with van der Waals surface area (Å²) in [5.41, 5.74) is 2.02. The van der Waals surface area contributed by atoms with Crippen LogP contribution in [-0.2, 0) is 0 Å². The highest BCUT2D eigenvalue weighted by Crippen LogP contribution is 2.59. The normalized spacial score (nSPS) is 30.1. The third kappa shape index (κ3) is 3.99. The van der Waals surface area contributed by atoms with E-state index in [0.717, 1.165) is 11.1 Å². The predicted octanol–water partition coefficient (Wildman–Crippen LogP) is 8.74. The van der Waals surface area contributed by atoms with Crippen molar-refractivity contribution < 1.29 is 0 Å². The molecule has 1 atom stereocenters. The first-order valence-corrected chi connectivity index (χ1v) is 19.3. The molecule has 0 amide bonds. The average Bonchev–Trinajstić information content (AvgIpc) is 2.69. The third-order valence-corrected chi connectivity index (χ3v) is 24.9. The quantitative estimate of drug-likeness (QED) is 0.246. The van der Waals surface area contributed by atoms with Gasteiger partial charge in [0, 0.05) is 4.37 Å². The highest BCUT2D eigenvalue weighted by atomic mass is 33.1. The molecule has 1 unspecified atom stereocenters. The smallest absolute Gasteiger partial charge is 0.0925 e. The van der Waals surface area contributed by atoms with E-state index in [2.05, 4.69) is 66.5 Å². The van der Waals surface area contributed by atoms with Gasteiger partial charge < -0.3 is 0 Å². The van der Waals surface area contributed by atoms with E-state index in [4.69, 9.17) is 0 Å². The standard InChI is InChI=1S/C22H40S2Si2/c1-6-22(26(4,5)20-15-11-8-12-16-20)18-17-21(23-24-22)25(2,3)19-13-9-7-10-14-19/h6,17,19-20H,1,7-16,18H2,2-5H3. The summed E-state index contributed by atoms with van der Waals surface area (Å²) in [4.78, 5) is 0. The maximum Gasteiger partial charge on any atom is 0.0925 e. The number of hydrogen-bond acceptors (Lipinski definition) is 2. The fourth-order valence-electron chi connectivity index (χ4n) is 5.75. The largest absolute Gasteiger partial charge is 0.102 e. The van der Waals surface area contributed by atoms with Gasteiger partial charge in [-0.15, -0.1) is 6.58 Å². The van der Waals surface area contributed by atoms with Crippen molar-refractivity contribution in [2.24, 2.45) is 0 Å². The lowest BCUT2D eigenvalue weighted by Gasteiger charge is -2.50. The molecule has 1 heterocycles. The number of allylic oxidation sites excluding steroid dienone is 1. The maximum absolute atomic E-state index is 4.38. The second-order valence-corrected chi connectivity index (χ2v) is 23.3. The lowest BCUT2D eigenvalue weighted by atomic mass is 10.0. The molecule has 2 aliphatic carbocycles. The summed E-state index contributed by atoms with van der Waals surface area (Å²) in [6.45, 7) is 15.1. The molecule has 2 fully saturated rings. The van der Waals surface area contributed by atoms with E-state index >= 15 is 0 Å². The van der Waals surface area contributed by atoms with Crippen molar-refractivity contribution in [2.75, 3.05) is 0 Å². The van der Waals surface area contributed by atoms with Gasteiger partial charge in [0.2, 0.25) is 0 Å². The van der Waals surface area contributed by atoms with Crippen molar-refractivity contribution >= 4 is 37.7 Å². The summed E-state index contributed by atoms with van der Waals surface area (Å²) >= 11 is 0. The fraction of sp³-hybridized carbons (Fsp3) is 0.818. The Morgan fingerprint density at radius 2 is 1.46 bits per heavy atom. The Kier molecular flexibility index (Phi) is 7.01. The molecule has 0 aromatic rings. The SMILES string of the molecule is C=CC1([Si](C)(C)C2CCCCC2)CC=C([Si](C)(C)C2CCCCC2)SS1. The summed E-state index contributed by atoms with van der Waals surface area (Å²) in [5, 5.41) is 0. The predicted molar refractivity (Wildman–Crippen MR) is 129 cm³/mol. The second-order valence-electron chi connectivity index (χ2n) is 10.1. The van der Waals surface area contributed by atoms with Gasteiger partial charge in [-0.05, 0) is 22.0 Å². The van der Waals surface area contributed by atoms with Crippen LogP contribution < -0.4 is 0 Å². The lowest BCUT2D eigenvalue weighted by molar-refractivity contribution is 0.487. The van der Waals surface area contributed by atoms with Gasteiger partial charge in [0.15, 0.2) is 0 Å². The van der Waals surface area contributed by atoms with Crippen LogP contribution >= 0.6 is 21.6 Å². The van der Waals surface area contributed by atoms with Crippen molar-refractivity contribution in [3.8, 4) is 0 Å². The summed E-state index contributed by atoms with van der Waals surface area (Å²) in [7, 11) is 1.75. The van der Waals surface area contributed by atoms with E-state index < -0.39 is 16.1 Å². The van der Waals surface area contributed by atoms with Crippen LogP contribution in [0.25, 0.3) is 0 Å². The Labute approximate surface area is 172 Å². The summed E-state index contributed by atoms with van der Waals surface area (Å²) in [6, 6.07) is 0. The van der Waals surface area contributed by atoms with Crippen LogP contribution in [0.5, 0.6) is 0 Å². The molecule has 0 aromatic carbocycles. The van der Waals surface area contributed by atoms with Crippen molar-refractivity contribution in [1.29, 1.82) is 0 Å². The Morgan fingerprint density at radius 1 is 0.923 bits per heavy atom. The molecule has 0 bridgehead atoms. The lowest BCUT2D eigenvalue weighted by Crippen LogP contribution is -2.54. The first-order chi connectivity index (χ1) is 12.3. The summed E-state index contributed by atoms with van der Waals surface area (Å²) < 4.78 is 2.15. The first kappa shape index (κ1) is 21.3. The Morgan fingerprint density at radius 3 is 1.92 bits per heavy atom. The molecule has 0 spiro atoms. The van der Waals surface area contributed by atoms with E-state index in [-0.39, 0.29) is 0 Å². The van der Waals surface area contributed by atoms with Crippen molar-refractivity contribution in [2.45, 2.75) is 112 Å². The molecular weight excluding hydrogens is 385 g/mol. The third-order valence-electron chi connectivity index (χ3n) is 8.18. The van der Waals surface area contributed by atoms with Crippen LogP contribution in [0, 0.1) is 0 Å². The van der Waals surface area contributed by atoms with E-state index in [9.17, 15) is 0 Å². The zero-order valence-electron chi connectivity index (χ0n) is 17.6. The highest BCUT2D eigenvalue weighted by molar-refractivity contribution is 8.79. The van der Waals surface area contributed by atoms with Gasteiger partial charge in [0.05, 0.1) is 16.1 Å². The molecule has 0 radical (unpaired) electrons. The minimum atomic E-state index is -1.39. The van der Waals surface area contributed by atoms with Gasteiger partial charge in [-0.1, -0.05) is 124 Å². The summed E-state index contributed by atoms with van der Waals surface area (Å²) in [5.74, 6) is 0. The Hall–Kier alpha value is 0.614. The Balaban J connectivity index is 1.77. The molecule has 0 N–H and O–H groups in total. The van der Waals surface area contributed by atoms with Gasteiger partial charge in [-0.3, -0.25) is 0 Å². The van der Waals surface area contributed by atoms with Crippen LogP contribution in [0.4, 0.5) is 0 Å². The topological polar surface area (TPSA) is 0 Å². The molecule has 0 saturated heterocycles. The molecule has 0 aromatic heterocycles. The van der Waals surface area contributed by atoms with Crippen molar-refractivity contribution in [3.63, 3.8) is 0 Å². The van der Waals surface area contributed by atoms with Gasteiger partial charge in [0.25, 0.3) is 0 Å². The molecule has 2 saturated carbocycles. The van der Waals surface area contributed by atoms with Crippen LogP contribution in [0.15, 0.2) is 23.3 Å². The highest BCUT2D eigenvalue weighted by Gasteiger charge is 2.51. The molecule has 4 heteroatoms. The Bertz CT molecular complexity index is 528. The maximum atomic E-state index is 4.38. The van der Waals surface area contributed by atoms with Gasteiger partial charge >= 0.3 is 0 Å². The van der Waals surface area contributed by atoms with E-state index in [0.29, 0.717) is 4.37 Å². The van der Waals surface area contributed by atoms with E-state index in [1.165, 1.54) is 70.6 Å². The van der Waals surface area contributed by atoms with E-state index in [1.807, 2.05) is 0 Å². The number of hydrogen-bond donors (Lipinski definition) is 0.